The Morgan fingerprint density at radius 2 is 1.34 bits per heavy atom. The van der Waals surface area contributed by atoms with Crippen molar-refractivity contribution in [2.24, 2.45) is 10.2 Å². The van der Waals surface area contributed by atoms with Gasteiger partial charge in [-0.05, 0) is 60.0 Å². The molecule has 5 aromatic rings. The maximum atomic E-state index is 10.5. The van der Waals surface area contributed by atoms with Gasteiger partial charge in [0, 0.05) is 17.8 Å². The van der Waals surface area contributed by atoms with E-state index in [1.165, 1.54) is 0 Å². The highest BCUT2D eigenvalue weighted by atomic mass is 16.3. The van der Waals surface area contributed by atoms with E-state index in [4.69, 9.17) is 0 Å². The van der Waals surface area contributed by atoms with Crippen molar-refractivity contribution in [2.45, 2.75) is 13.1 Å². The maximum Gasteiger partial charge on any atom is 0.143 e. The van der Waals surface area contributed by atoms with Crippen molar-refractivity contribution in [3.05, 3.63) is 115 Å². The van der Waals surface area contributed by atoms with E-state index >= 15 is 0 Å². The van der Waals surface area contributed by atoms with Crippen LogP contribution in [0.15, 0.2) is 114 Å². The van der Waals surface area contributed by atoms with Crippen LogP contribution >= 0.6 is 0 Å². The summed E-state index contributed by atoms with van der Waals surface area (Å²) in [6, 6.07) is 27.7. The Labute approximate surface area is 202 Å². The van der Waals surface area contributed by atoms with Gasteiger partial charge in [-0.3, -0.25) is 9.97 Å². The standard InChI is InChI=1S/C28H23N5O2/c34-23-13-11-20-12-14-27(35)28(24(20)17-23)32-31-25-9-1-2-10-26(25)33(18-21-7-3-5-15-29-21)19-22-8-4-6-16-30-22/h1-17,34-35H,18-19H2/b32-31+. The Bertz CT molecular complexity index is 1430. The van der Waals surface area contributed by atoms with Gasteiger partial charge in [0.2, 0.25) is 0 Å². The molecule has 0 bridgehead atoms. The van der Waals surface area contributed by atoms with Gasteiger partial charge in [-0.25, -0.2) is 0 Å². The van der Waals surface area contributed by atoms with Gasteiger partial charge >= 0.3 is 0 Å². The number of para-hydroxylation sites is 1. The Morgan fingerprint density at radius 1 is 0.686 bits per heavy atom. The van der Waals surface area contributed by atoms with Crippen LogP contribution in [0.5, 0.6) is 11.5 Å². The number of pyridine rings is 2. The SMILES string of the molecule is Oc1ccc2ccc(O)c(/N=N/c3ccccc3N(Cc3ccccn3)Cc3ccccn3)c2c1. The molecule has 2 N–H and O–H groups in total. The Balaban J connectivity index is 1.55. The summed E-state index contributed by atoms with van der Waals surface area (Å²) in [5.41, 5.74) is 3.62. The molecule has 3 aromatic carbocycles. The summed E-state index contributed by atoms with van der Waals surface area (Å²) in [5, 5.41) is 30.8. The van der Waals surface area contributed by atoms with Crippen LogP contribution in [0.2, 0.25) is 0 Å². The summed E-state index contributed by atoms with van der Waals surface area (Å²) in [6.45, 7) is 1.11. The molecule has 2 heterocycles. The summed E-state index contributed by atoms with van der Waals surface area (Å²) in [6.07, 6.45) is 3.55. The number of rotatable bonds is 7. The summed E-state index contributed by atoms with van der Waals surface area (Å²) in [7, 11) is 0. The van der Waals surface area contributed by atoms with Crippen molar-refractivity contribution in [3.63, 3.8) is 0 Å². The summed E-state index contributed by atoms with van der Waals surface area (Å²) in [5.74, 6) is 0.0833. The quantitative estimate of drug-likeness (QED) is 0.264. The highest BCUT2D eigenvalue weighted by Gasteiger charge is 2.15. The lowest BCUT2D eigenvalue weighted by Crippen LogP contribution is -2.23. The van der Waals surface area contributed by atoms with Gasteiger partial charge in [0.1, 0.15) is 22.9 Å². The van der Waals surface area contributed by atoms with Crippen molar-refractivity contribution in [3.8, 4) is 11.5 Å². The van der Waals surface area contributed by atoms with Gasteiger partial charge in [0.15, 0.2) is 0 Å². The second kappa shape index (κ2) is 10.0. The zero-order chi connectivity index (χ0) is 24.0. The van der Waals surface area contributed by atoms with E-state index in [9.17, 15) is 10.2 Å². The number of phenolic OH excluding ortho intramolecular Hbond substituents is 2. The molecule has 5 rings (SSSR count). The highest BCUT2D eigenvalue weighted by molar-refractivity contribution is 5.96. The van der Waals surface area contributed by atoms with Gasteiger partial charge in [0.05, 0.1) is 30.2 Å². The number of azo groups is 1. The van der Waals surface area contributed by atoms with Crippen LogP contribution in [0.25, 0.3) is 10.8 Å². The predicted octanol–water partition coefficient (Wildman–Crippen LogP) is 6.66. The van der Waals surface area contributed by atoms with E-state index in [1.807, 2.05) is 60.7 Å². The topological polar surface area (TPSA) is 94.2 Å². The minimum absolute atomic E-state index is 0.0110. The molecule has 0 amide bonds. The van der Waals surface area contributed by atoms with E-state index in [0.29, 0.717) is 29.9 Å². The molecule has 0 aliphatic rings. The van der Waals surface area contributed by atoms with E-state index in [2.05, 4.69) is 25.1 Å². The number of phenols is 2. The van der Waals surface area contributed by atoms with E-state index in [1.54, 1.807) is 42.7 Å². The molecule has 172 valence electrons. The van der Waals surface area contributed by atoms with Gasteiger partial charge in [0.25, 0.3) is 0 Å². The molecule has 0 saturated heterocycles. The molecule has 0 atom stereocenters. The molecular formula is C28H23N5O2. The van der Waals surface area contributed by atoms with E-state index in [-0.39, 0.29) is 11.5 Å². The molecule has 0 aliphatic heterocycles. The molecule has 35 heavy (non-hydrogen) atoms. The first-order valence-electron chi connectivity index (χ1n) is 11.2. The van der Waals surface area contributed by atoms with Crippen molar-refractivity contribution >= 4 is 27.8 Å². The normalized spacial score (nSPS) is 11.2. The number of benzene rings is 3. The number of aromatic nitrogens is 2. The van der Waals surface area contributed by atoms with Crippen molar-refractivity contribution < 1.29 is 10.2 Å². The molecule has 0 aliphatic carbocycles. The Morgan fingerprint density at radius 3 is 2.03 bits per heavy atom. The number of hydrogen-bond donors (Lipinski definition) is 2. The fraction of sp³-hybridized carbons (Fsp3) is 0.0714. The van der Waals surface area contributed by atoms with Crippen LogP contribution in [-0.2, 0) is 13.1 Å². The van der Waals surface area contributed by atoms with E-state index in [0.717, 1.165) is 22.5 Å². The maximum absolute atomic E-state index is 10.5. The van der Waals surface area contributed by atoms with Crippen LogP contribution in [0.4, 0.5) is 17.1 Å². The molecule has 0 radical (unpaired) electrons. The second-order valence-corrected chi connectivity index (χ2v) is 8.03. The lowest BCUT2D eigenvalue weighted by molar-refractivity contribution is 0.475. The third-order valence-corrected chi connectivity index (χ3v) is 5.59. The third-order valence-electron chi connectivity index (χ3n) is 5.59. The average molecular weight is 462 g/mol. The van der Waals surface area contributed by atoms with Crippen LogP contribution in [0.3, 0.4) is 0 Å². The number of aromatic hydroxyl groups is 2. The molecule has 7 heteroatoms. The van der Waals surface area contributed by atoms with Crippen LogP contribution in [-0.4, -0.2) is 20.2 Å². The highest BCUT2D eigenvalue weighted by Crippen LogP contribution is 2.39. The summed E-state index contributed by atoms with van der Waals surface area (Å²) >= 11 is 0. The molecular weight excluding hydrogens is 438 g/mol. The lowest BCUT2D eigenvalue weighted by atomic mass is 10.1. The van der Waals surface area contributed by atoms with Crippen molar-refractivity contribution in [2.75, 3.05) is 4.90 Å². The number of hydrogen-bond acceptors (Lipinski definition) is 7. The molecule has 7 nitrogen and oxygen atoms in total. The van der Waals surface area contributed by atoms with Crippen LogP contribution < -0.4 is 4.90 Å². The van der Waals surface area contributed by atoms with Crippen LogP contribution in [0.1, 0.15) is 11.4 Å². The fourth-order valence-electron chi connectivity index (χ4n) is 3.91. The minimum atomic E-state index is -0.0110. The number of anilines is 1. The zero-order valence-electron chi connectivity index (χ0n) is 18.9. The summed E-state index contributed by atoms with van der Waals surface area (Å²) in [4.78, 5) is 11.1. The monoisotopic (exact) mass is 461 g/mol. The summed E-state index contributed by atoms with van der Waals surface area (Å²) < 4.78 is 0. The molecule has 0 spiro atoms. The Hall–Kier alpha value is -4.78. The molecule has 2 aromatic heterocycles. The molecule has 0 fully saturated rings. The van der Waals surface area contributed by atoms with Crippen molar-refractivity contribution in [1.82, 2.24) is 9.97 Å². The zero-order valence-corrected chi connectivity index (χ0v) is 18.9. The lowest BCUT2D eigenvalue weighted by Gasteiger charge is -2.25. The van der Waals surface area contributed by atoms with Gasteiger partial charge in [-0.15, -0.1) is 10.2 Å². The van der Waals surface area contributed by atoms with Gasteiger partial charge in [-0.1, -0.05) is 36.4 Å². The van der Waals surface area contributed by atoms with E-state index < -0.39 is 0 Å². The molecule has 0 saturated carbocycles. The smallest absolute Gasteiger partial charge is 0.143 e. The minimum Gasteiger partial charge on any atom is -0.508 e. The fourth-order valence-corrected chi connectivity index (χ4v) is 3.91. The number of nitrogens with zero attached hydrogens (tertiary/aromatic N) is 5. The average Bonchev–Trinajstić information content (AvgIpc) is 2.89. The van der Waals surface area contributed by atoms with Gasteiger partial charge in [-0.2, -0.15) is 0 Å². The first-order chi connectivity index (χ1) is 17.2. The molecule has 0 unspecified atom stereocenters. The Kier molecular flexibility index (Phi) is 6.30. The van der Waals surface area contributed by atoms with Crippen LogP contribution in [0, 0.1) is 0 Å². The predicted molar refractivity (Wildman–Crippen MR) is 136 cm³/mol. The number of fused-ring (bicyclic) bond motifs is 1. The largest absolute Gasteiger partial charge is 0.508 e. The second-order valence-electron chi connectivity index (χ2n) is 8.03. The third kappa shape index (κ3) is 5.09. The first-order valence-corrected chi connectivity index (χ1v) is 11.2. The van der Waals surface area contributed by atoms with Crippen molar-refractivity contribution in [1.29, 1.82) is 0 Å². The first kappa shape index (κ1) is 22.0. The van der Waals surface area contributed by atoms with Gasteiger partial charge < -0.3 is 15.1 Å².